The van der Waals surface area contributed by atoms with Gasteiger partial charge in [0.2, 0.25) is 0 Å². The Morgan fingerprint density at radius 1 is 0.600 bits per heavy atom. The quantitative estimate of drug-likeness (QED) is 0.280. The van der Waals surface area contributed by atoms with Crippen LogP contribution in [0, 0.1) is 0 Å². The molecule has 0 fully saturated rings. The molecule has 0 bridgehead atoms. The number of aliphatic hydroxyl groups excluding tert-OH is 1. The van der Waals surface area contributed by atoms with Gasteiger partial charge in [0.15, 0.2) is 0 Å². The number of allylic oxidation sites excluding steroid dienone is 4. The van der Waals surface area contributed by atoms with Crippen molar-refractivity contribution in [2.75, 3.05) is 6.61 Å². The van der Waals surface area contributed by atoms with E-state index in [1.165, 1.54) is 70.6 Å². The highest BCUT2D eigenvalue weighted by Gasteiger charge is 1.90. The smallest absolute Gasteiger partial charge is 0.0431 e. The summed E-state index contributed by atoms with van der Waals surface area (Å²) in [5, 5.41) is 8.67. The maximum atomic E-state index is 8.67. The fourth-order valence-corrected chi connectivity index (χ4v) is 2.28. The molecule has 0 aromatic carbocycles. The second-order valence-corrected chi connectivity index (χ2v) is 5.66. The summed E-state index contributed by atoms with van der Waals surface area (Å²) in [4.78, 5) is 0. The first-order valence-electron chi connectivity index (χ1n) is 8.82. The molecule has 1 N–H and O–H groups in total. The van der Waals surface area contributed by atoms with Gasteiger partial charge in [-0.3, -0.25) is 0 Å². The van der Waals surface area contributed by atoms with Gasteiger partial charge in [-0.25, -0.2) is 0 Å². The van der Waals surface area contributed by atoms with Crippen LogP contribution in [0.25, 0.3) is 0 Å². The van der Waals surface area contributed by atoms with Gasteiger partial charge in [-0.1, -0.05) is 76.2 Å². The standard InChI is InChI=1S/C19H36O/c1-2-3-4-5-6-7-8-9-10-11-12-13-14-15-16-17-18-19-20/h6-7,9-10,20H,2-5,8,11-19H2,1H3/b7-6-,10-9-. The van der Waals surface area contributed by atoms with E-state index in [4.69, 9.17) is 5.11 Å². The van der Waals surface area contributed by atoms with Crippen LogP contribution < -0.4 is 0 Å². The Morgan fingerprint density at radius 2 is 1.10 bits per heavy atom. The number of unbranched alkanes of at least 4 members (excludes halogenated alkanes) is 10. The van der Waals surface area contributed by atoms with Crippen molar-refractivity contribution in [3.63, 3.8) is 0 Å². The fourth-order valence-electron chi connectivity index (χ4n) is 2.28. The van der Waals surface area contributed by atoms with Gasteiger partial charge in [0.25, 0.3) is 0 Å². The van der Waals surface area contributed by atoms with E-state index in [0.29, 0.717) is 6.61 Å². The van der Waals surface area contributed by atoms with Crippen LogP contribution in [0.3, 0.4) is 0 Å². The average Bonchev–Trinajstić information content (AvgIpc) is 2.47. The lowest BCUT2D eigenvalue weighted by atomic mass is 10.1. The van der Waals surface area contributed by atoms with Gasteiger partial charge in [-0.05, 0) is 38.5 Å². The molecular weight excluding hydrogens is 244 g/mol. The highest BCUT2D eigenvalue weighted by molar-refractivity contribution is 4.92. The maximum Gasteiger partial charge on any atom is 0.0431 e. The SMILES string of the molecule is CCCCC/C=C\C/C=C\CCCCCCCCCO. The van der Waals surface area contributed by atoms with E-state index in [-0.39, 0.29) is 0 Å². The summed E-state index contributed by atoms with van der Waals surface area (Å²) in [5.74, 6) is 0. The second-order valence-electron chi connectivity index (χ2n) is 5.66. The van der Waals surface area contributed by atoms with Crippen LogP contribution in [0.4, 0.5) is 0 Å². The molecule has 1 heteroatoms. The van der Waals surface area contributed by atoms with Gasteiger partial charge in [0, 0.05) is 6.61 Å². The van der Waals surface area contributed by atoms with E-state index in [9.17, 15) is 0 Å². The zero-order valence-corrected chi connectivity index (χ0v) is 13.7. The second kappa shape index (κ2) is 18.4. The molecule has 0 spiro atoms. The number of aliphatic hydroxyl groups is 1. The Bertz CT molecular complexity index is 218. The molecular formula is C19H36O. The van der Waals surface area contributed by atoms with Gasteiger partial charge in [0.05, 0.1) is 0 Å². The summed E-state index contributed by atoms with van der Waals surface area (Å²) in [5.41, 5.74) is 0. The minimum Gasteiger partial charge on any atom is -0.396 e. The third-order valence-corrected chi connectivity index (χ3v) is 3.61. The summed E-state index contributed by atoms with van der Waals surface area (Å²) in [6.07, 6.45) is 25.7. The van der Waals surface area contributed by atoms with Crippen LogP contribution in [0.2, 0.25) is 0 Å². The minimum absolute atomic E-state index is 0.359. The first-order valence-corrected chi connectivity index (χ1v) is 8.82. The molecule has 0 saturated carbocycles. The fraction of sp³-hybridized carbons (Fsp3) is 0.789. The Balaban J connectivity index is 3.12. The molecule has 0 rings (SSSR count). The Morgan fingerprint density at radius 3 is 1.65 bits per heavy atom. The molecule has 118 valence electrons. The van der Waals surface area contributed by atoms with Crippen LogP contribution >= 0.6 is 0 Å². The third-order valence-electron chi connectivity index (χ3n) is 3.61. The molecule has 0 aromatic rings. The van der Waals surface area contributed by atoms with Crippen LogP contribution in [-0.2, 0) is 0 Å². The Kier molecular flexibility index (Phi) is 17.9. The van der Waals surface area contributed by atoms with Gasteiger partial charge in [0.1, 0.15) is 0 Å². The monoisotopic (exact) mass is 280 g/mol. The molecule has 0 amide bonds. The van der Waals surface area contributed by atoms with E-state index < -0.39 is 0 Å². The van der Waals surface area contributed by atoms with Crippen molar-refractivity contribution in [1.82, 2.24) is 0 Å². The Labute approximate surface area is 127 Å². The normalized spacial score (nSPS) is 11.9. The highest BCUT2D eigenvalue weighted by Crippen LogP contribution is 2.09. The maximum absolute atomic E-state index is 8.67. The first-order chi connectivity index (χ1) is 9.91. The van der Waals surface area contributed by atoms with Gasteiger partial charge < -0.3 is 5.11 Å². The molecule has 0 aliphatic heterocycles. The molecule has 0 aliphatic carbocycles. The summed E-state index contributed by atoms with van der Waals surface area (Å²) >= 11 is 0. The molecule has 20 heavy (non-hydrogen) atoms. The van der Waals surface area contributed by atoms with Crippen molar-refractivity contribution in [2.45, 2.75) is 90.4 Å². The summed E-state index contributed by atoms with van der Waals surface area (Å²) < 4.78 is 0. The molecule has 0 atom stereocenters. The molecule has 0 radical (unpaired) electrons. The van der Waals surface area contributed by atoms with E-state index >= 15 is 0 Å². The molecule has 0 unspecified atom stereocenters. The van der Waals surface area contributed by atoms with Crippen LogP contribution in [-0.4, -0.2) is 11.7 Å². The number of hydrogen-bond acceptors (Lipinski definition) is 1. The number of rotatable bonds is 15. The molecule has 0 aromatic heterocycles. The van der Waals surface area contributed by atoms with Crippen molar-refractivity contribution in [2.24, 2.45) is 0 Å². The lowest BCUT2D eigenvalue weighted by Gasteiger charge is -1.99. The van der Waals surface area contributed by atoms with Crippen molar-refractivity contribution in [3.05, 3.63) is 24.3 Å². The summed E-state index contributed by atoms with van der Waals surface area (Å²) in [6.45, 7) is 2.61. The lowest BCUT2D eigenvalue weighted by Crippen LogP contribution is -1.83. The van der Waals surface area contributed by atoms with Gasteiger partial charge >= 0.3 is 0 Å². The number of hydrogen-bond donors (Lipinski definition) is 1. The molecule has 0 saturated heterocycles. The predicted octanol–water partition coefficient (Wildman–Crippen LogP) is 6.18. The predicted molar refractivity (Wildman–Crippen MR) is 91.1 cm³/mol. The summed E-state index contributed by atoms with van der Waals surface area (Å²) in [6, 6.07) is 0. The zero-order valence-electron chi connectivity index (χ0n) is 13.7. The molecule has 0 heterocycles. The third kappa shape index (κ3) is 17.4. The van der Waals surface area contributed by atoms with Crippen LogP contribution in [0.1, 0.15) is 90.4 Å². The zero-order chi connectivity index (χ0) is 14.7. The topological polar surface area (TPSA) is 20.2 Å². The van der Waals surface area contributed by atoms with E-state index in [0.717, 1.165) is 12.8 Å². The average molecular weight is 280 g/mol. The Hall–Kier alpha value is -0.560. The van der Waals surface area contributed by atoms with Crippen molar-refractivity contribution >= 4 is 0 Å². The summed E-state index contributed by atoms with van der Waals surface area (Å²) in [7, 11) is 0. The van der Waals surface area contributed by atoms with Gasteiger partial charge in [-0.15, -0.1) is 0 Å². The van der Waals surface area contributed by atoms with Crippen molar-refractivity contribution in [3.8, 4) is 0 Å². The first kappa shape index (κ1) is 19.4. The molecule has 0 aliphatic rings. The van der Waals surface area contributed by atoms with Crippen molar-refractivity contribution in [1.29, 1.82) is 0 Å². The lowest BCUT2D eigenvalue weighted by molar-refractivity contribution is 0.282. The minimum atomic E-state index is 0.359. The van der Waals surface area contributed by atoms with E-state index in [1.807, 2.05) is 0 Å². The van der Waals surface area contributed by atoms with Crippen LogP contribution in [0.15, 0.2) is 24.3 Å². The van der Waals surface area contributed by atoms with E-state index in [1.54, 1.807) is 0 Å². The molecule has 1 nitrogen and oxygen atoms in total. The van der Waals surface area contributed by atoms with Crippen molar-refractivity contribution < 1.29 is 5.11 Å². The van der Waals surface area contributed by atoms with Gasteiger partial charge in [-0.2, -0.15) is 0 Å². The largest absolute Gasteiger partial charge is 0.396 e. The highest BCUT2D eigenvalue weighted by atomic mass is 16.2. The van der Waals surface area contributed by atoms with E-state index in [2.05, 4.69) is 31.2 Å². The van der Waals surface area contributed by atoms with Crippen LogP contribution in [0.5, 0.6) is 0 Å².